The molecular formula is C16H22N2O. The normalized spacial score (nSPS) is 12.3. The van der Waals surface area contributed by atoms with E-state index < -0.39 is 0 Å². The average Bonchev–Trinajstić information content (AvgIpc) is 2.35. The van der Waals surface area contributed by atoms with E-state index in [2.05, 4.69) is 25.2 Å². The molecule has 0 spiro atoms. The molecule has 1 aromatic rings. The van der Waals surface area contributed by atoms with Gasteiger partial charge in [0.25, 0.3) is 0 Å². The highest BCUT2D eigenvalue weighted by Crippen LogP contribution is 2.22. The topological polar surface area (TPSA) is 52.9 Å². The molecule has 3 nitrogen and oxygen atoms in total. The van der Waals surface area contributed by atoms with Crippen molar-refractivity contribution >= 4 is 5.91 Å². The molecule has 0 heterocycles. The summed E-state index contributed by atoms with van der Waals surface area (Å²) in [6.45, 7) is 8.09. The van der Waals surface area contributed by atoms with E-state index in [-0.39, 0.29) is 24.3 Å². The van der Waals surface area contributed by atoms with Crippen LogP contribution >= 0.6 is 0 Å². The van der Waals surface area contributed by atoms with Crippen molar-refractivity contribution in [1.82, 2.24) is 5.32 Å². The number of hydrogen-bond donors (Lipinski definition) is 1. The monoisotopic (exact) mass is 258 g/mol. The molecule has 102 valence electrons. The minimum Gasteiger partial charge on any atom is -0.354 e. The van der Waals surface area contributed by atoms with E-state index in [9.17, 15) is 10.1 Å². The summed E-state index contributed by atoms with van der Waals surface area (Å²) >= 11 is 0. The third-order valence-electron chi connectivity index (χ3n) is 3.00. The molecule has 0 aliphatic heterocycles. The third-order valence-corrected chi connectivity index (χ3v) is 3.00. The van der Waals surface area contributed by atoms with Crippen molar-refractivity contribution in [3.8, 4) is 6.07 Å². The van der Waals surface area contributed by atoms with Gasteiger partial charge in [0, 0.05) is 12.5 Å². The summed E-state index contributed by atoms with van der Waals surface area (Å²) in [6.07, 6.45) is 0.218. The van der Waals surface area contributed by atoms with Crippen molar-refractivity contribution in [2.45, 2.75) is 52.0 Å². The molecule has 0 bridgehead atoms. The Morgan fingerprint density at radius 3 is 2.11 bits per heavy atom. The first-order chi connectivity index (χ1) is 8.93. The Labute approximate surface area is 115 Å². The predicted molar refractivity (Wildman–Crippen MR) is 76.8 cm³/mol. The van der Waals surface area contributed by atoms with Crippen LogP contribution in [0.4, 0.5) is 0 Å². The van der Waals surface area contributed by atoms with Gasteiger partial charge in [-0.25, -0.2) is 0 Å². The Hall–Kier alpha value is -1.82. The van der Waals surface area contributed by atoms with Gasteiger partial charge in [0.05, 0.1) is 12.0 Å². The van der Waals surface area contributed by atoms with Crippen molar-refractivity contribution in [2.75, 3.05) is 0 Å². The van der Waals surface area contributed by atoms with Crippen LogP contribution in [0.25, 0.3) is 0 Å². The Bertz CT molecular complexity index is 455. The smallest absolute Gasteiger partial charge is 0.221 e. The number of carbonyl (C=O) groups is 1. The van der Waals surface area contributed by atoms with Gasteiger partial charge in [0.2, 0.25) is 5.91 Å². The lowest BCUT2D eigenvalue weighted by Crippen LogP contribution is -2.31. The van der Waals surface area contributed by atoms with Gasteiger partial charge in [-0.05, 0) is 30.9 Å². The predicted octanol–water partition coefficient (Wildman–Crippen LogP) is 3.33. The van der Waals surface area contributed by atoms with Gasteiger partial charge in [-0.2, -0.15) is 5.26 Å². The second-order valence-corrected chi connectivity index (χ2v) is 5.43. The highest BCUT2D eigenvalue weighted by Gasteiger charge is 2.16. The van der Waals surface area contributed by atoms with Gasteiger partial charge in [-0.3, -0.25) is 4.79 Å². The van der Waals surface area contributed by atoms with Crippen LogP contribution in [0.5, 0.6) is 0 Å². The van der Waals surface area contributed by atoms with Crippen LogP contribution in [0.1, 0.15) is 57.1 Å². The number of benzene rings is 1. The van der Waals surface area contributed by atoms with Crippen molar-refractivity contribution in [2.24, 2.45) is 0 Å². The van der Waals surface area contributed by atoms with Crippen LogP contribution in [0, 0.1) is 11.3 Å². The zero-order valence-electron chi connectivity index (χ0n) is 12.1. The molecule has 1 amide bonds. The minimum atomic E-state index is -0.375. The van der Waals surface area contributed by atoms with E-state index in [1.807, 2.05) is 38.1 Å². The molecule has 1 aromatic carbocycles. The Balaban J connectivity index is 2.75. The van der Waals surface area contributed by atoms with Crippen LogP contribution in [-0.4, -0.2) is 11.9 Å². The SMILES string of the molecule is CC(C)NC(=O)CC(C#N)c1ccc(C(C)C)cc1. The number of nitrogens with zero attached hydrogens (tertiary/aromatic N) is 1. The van der Waals surface area contributed by atoms with E-state index in [0.717, 1.165) is 5.56 Å². The van der Waals surface area contributed by atoms with Gasteiger partial charge in [0.15, 0.2) is 0 Å². The Morgan fingerprint density at radius 1 is 1.16 bits per heavy atom. The summed E-state index contributed by atoms with van der Waals surface area (Å²) < 4.78 is 0. The summed E-state index contributed by atoms with van der Waals surface area (Å²) in [5, 5.41) is 12.0. The molecule has 0 fully saturated rings. The summed E-state index contributed by atoms with van der Waals surface area (Å²) in [5.74, 6) is 0.0215. The summed E-state index contributed by atoms with van der Waals surface area (Å²) in [4.78, 5) is 11.7. The van der Waals surface area contributed by atoms with Gasteiger partial charge in [-0.15, -0.1) is 0 Å². The first-order valence-electron chi connectivity index (χ1n) is 6.73. The van der Waals surface area contributed by atoms with Crippen LogP contribution in [-0.2, 0) is 4.79 Å². The molecule has 0 aliphatic carbocycles. The molecule has 1 rings (SSSR count). The Morgan fingerprint density at radius 2 is 1.68 bits per heavy atom. The fourth-order valence-corrected chi connectivity index (χ4v) is 1.92. The molecule has 0 aliphatic rings. The molecule has 1 N–H and O–H groups in total. The van der Waals surface area contributed by atoms with Crippen LogP contribution in [0.15, 0.2) is 24.3 Å². The molecule has 0 saturated carbocycles. The fourth-order valence-electron chi connectivity index (χ4n) is 1.92. The minimum absolute atomic E-state index is 0.0745. The number of hydrogen-bond acceptors (Lipinski definition) is 2. The third kappa shape index (κ3) is 4.75. The number of nitriles is 1. The lowest BCUT2D eigenvalue weighted by atomic mass is 9.93. The molecule has 0 radical (unpaired) electrons. The van der Waals surface area contributed by atoms with Crippen molar-refractivity contribution in [1.29, 1.82) is 5.26 Å². The molecular weight excluding hydrogens is 236 g/mol. The maximum Gasteiger partial charge on any atom is 0.221 e. The lowest BCUT2D eigenvalue weighted by molar-refractivity contribution is -0.121. The molecule has 3 heteroatoms. The zero-order valence-corrected chi connectivity index (χ0v) is 12.1. The number of rotatable bonds is 5. The number of carbonyl (C=O) groups excluding carboxylic acids is 1. The molecule has 0 aromatic heterocycles. The fraction of sp³-hybridized carbons (Fsp3) is 0.500. The van der Waals surface area contributed by atoms with E-state index >= 15 is 0 Å². The second-order valence-electron chi connectivity index (χ2n) is 5.43. The standard InChI is InChI=1S/C16H22N2O/c1-11(2)13-5-7-14(8-6-13)15(10-17)9-16(19)18-12(3)4/h5-8,11-12,15H,9H2,1-4H3,(H,18,19). The van der Waals surface area contributed by atoms with E-state index in [0.29, 0.717) is 5.92 Å². The second kappa shape index (κ2) is 6.94. The van der Waals surface area contributed by atoms with Gasteiger partial charge < -0.3 is 5.32 Å². The van der Waals surface area contributed by atoms with Gasteiger partial charge in [0.1, 0.15) is 0 Å². The van der Waals surface area contributed by atoms with Crippen LogP contribution in [0.2, 0.25) is 0 Å². The van der Waals surface area contributed by atoms with E-state index in [4.69, 9.17) is 0 Å². The van der Waals surface area contributed by atoms with Crippen molar-refractivity contribution in [3.05, 3.63) is 35.4 Å². The summed E-state index contributed by atoms with van der Waals surface area (Å²) in [7, 11) is 0. The highest BCUT2D eigenvalue weighted by atomic mass is 16.1. The van der Waals surface area contributed by atoms with Crippen molar-refractivity contribution < 1.29 is 4.79 Å². The summed E-state index contributed by atoms with van der Waals surface area (Å²) in [5.41, 5.74) is 2.15. The van der Waals surface area contributed by atoms with E-state index in [1.54, 1.807) is 0 Å². The molecule has 0 saturated heterocycles. The first kappa shape index (κ1) is 15.2. The maximum absolute atomic E-state index is 11.7. The molecule has 1 atom stereocenters. The first-order valence-corrected chi connectivity index (χ1v) is 6.73. The quantitative estimate of drug-likeness (QED) is 0.880. The largest absolute Gasteiger partial charge is 0.354 e. The van der Waals surface area contributed by atoms with Crippen molar-refractivity contribution in [3.63, 3.8) is 0 Å². The summed E-state index contributed by atoms with van der Waals surface area (Å²) in [6, 6.07) is 10.3. The maximum atomic E-state index is 11.7. The lowest BCUT2D eigenvalue weighted by Gasteiger charge is -2.13. The highest BCUT2D eigenvalue weighted by molar-refractivity contribution is 5.77. The van der Waals surface area contributed by atoms with Crippen LogP contribution in [0.3, 0.4) is 0 Å². The van der Waals surface area contributed by atoms with Gasteiger partial charge >= 0.3 is 0 Å². The Kier molecular flexibility index (Phi) is 5.57. The molecule has 19 heavy (non-hydrogen) atoms. The average molecular weight is 258 g/mol. The molecule has 1 unspecified atom stereocenters. The van der Waals surface area contributed by atoms with Gasteiger partial charge in [-0.1, -0.05) is 38.1 Å². The number of nitrogens with one attached hydrogen (secondary N) is 1. The van der Waals surface area contributed by atoms with Crippen LogP contribution < -0.4 is 5.32 Å². The van der Waals surface area contributed by atoms with E-state index in [1.165, 1.54) is 5.56 Å². The zero-order chi connectivity index (χ0) is 14.4. The number of amides is 1.